The van der Waals surface area contributed by atoms with Gasteiger partial charge < -0.3 is 4.74 Å². The van der Waals surface area contributed by atoms with Gasteiger partial charge in [0, 0.05) is 5.02 Å². The average molecular weight is 282 g/mol. The molecule has 5 heteroatoms. The number of allylic oxidation sites excluding steroid dienone is 3. The summed E-state index contributed by atoms with van der Waals surface area (Å²) in [6.07, 6.45) is 5.09. The first-order valence-corrected chi connectivity index (χ1v) is 5.96. The van der Waals surface area contributed by atoms with Crippen LogP contribution in [0.3, 0.4) is 0 Å². The maximum Gasteiger partial charge on any atom is 0.363 e. The van der Waals surface area contributed by atoms with Crippen molar-refractivity contribution in [3.63, 3.8) is 0 Å². The maximum atomic E-state index is 11.5. The third kappa shape index (κ3) is 2.63. The lowest BCUT2D eigenvalue weighted by Gasteiger charge is -2.02. The van der Waals surface area contributed by atoms with E-state index < -0.39 is 5.97 Å². The summed E-state index contributed by atoms with van der Waals surface area (Å²) in [4.78, 5) is 15.6. The van der Waals surface area contributed by atoms with Crippen LogP contribution in [-0.4, -0.2) is 11.9 Å². The van der Waals surface area contributed by atoms with Crippen LogP contribution in [0.25, 0.3) is 0 Å². The molecule has 1 aromatic rings. The zero-order valence-electron chi connectivity index (χ0n) is 9.48. The minimum atomic E-state index is -0.492. The predicted octanol–water partition coefficient (Wildman–Crippen LogP) is 3.76. The Morgan fingerprint density at radius 3 is 2.78 bits per heavy atom. The van der Waals surface area contributed by atoms with Gasteiger partial charge in [0.15, 0.2) is 5.70 Å². The van der Waals surface area contributed by atoms with E-state index in [2.05, 4.69) is 4.99 Å². The Kier molecular flexibility index (Phi) is 3.84. The molecule has 0 fully saturated rings. The highest BCUT2D eigenvalue weighted by atomic mass is 35.5. The SMILES string of the molecule is C/C=C/C=C1\N=C(c2ccc(Cl)cc2Cl)OC1=O. The van der Waals surface area contributed by atoms with E-state index in [1.54, 1.807) is 36.4 Å². The van der Waals surface area contributed by atoms with Crippen molar-refractivity contribution in [3.05, 3.63) is 57.7 Å². The molecule has 0 bridgehead atoms. The second-order valence-electron chi connectivity index (χ2n) is 3.51. The fourth-order valence-electron chi connectivity index (χ4n) is 1.39. The summed E-state index contributed by atoms with van der Waals surface area (Å²) in [6, 6.07) is 4.89. The van der Waals surface area contributed by atoms with Gasteiger partial charge in [-0.05, 0) is 31.2 Å². The third-order valence-corrected chi connectivity index (χ3v) is 2.78. The highest BCUT2D eigenvalue weighted by molar-refractivity contribution is 6.37. The standard InChI is InChI=1S/C13H9Cl2NO2/c1-2-3-4-11-13(17)18-12(16-11)9-6-5-8(14)7-10(9)15/h2-7H,1H3/b3-2+,11-4-. The number of carbonyl (C=O) groups is 1. The van der Waals surface area contributed by atoms with E-state index in [1.165, 1.54) is 0 Å². The predicted molar refractivity (Wildman–Crippen MR) is 72.0 cm³/mol. The quantitative estimate of drug-likeness (QED) is 0.612. The molecule has 0 N–H and O–H groups in total. The molecule has 2 rings (SSSR count). The average Bonchev–Trinajstić information content (AvgIpc) is 2.68. The highest BCUT2D eigenvalue weighted by Crippen LogP contribution is 2.25. The summed E-state index contributed by atoms with van der Waals surface area (Å²) in [7, 11) is 0. The van der Waals surface area contributed by atoms with E-state index in [1.807, 2.05) is 6.92 Å². The zero-order valence-corrected chi connectivity index (χ0v) is 11.0. The monoisotopic (exact) mass is 281 g/mol. The van der Waals surface area contributed by atoms with Crippen molar-refractivity contribution in [1.29, 1.82) is 0 Å². The molecule has 1 aliphatic heterocycles. The van der Waals surface area contributed by atoms with E-state index in [-0.39, 0.29) is 11.6 Å². The third-order valence-electron chi connectivity index (χ3n) is 2.23. The number of halogens is 2. The lowest BCUT2D eigenvalue weighted by molar-refractivity contribution is -0.130. The number of aliphatic imine (C=N–C) groups is 1. The van der Waals surface area contributed by atoms with Crippen LogP contribution < -0.4 is 0 Å². The van der Waals surface area contributed by atoms with Gasteiger partial charge in [-0.15, -0.1) is 0 Å². The molecule has 0 spiro atoms. The van der Waals surface area contributed by atoms with Crippen LogP contribution in [0.15, 0.2) is 47.1 Å². The number of esters is 1. The fourth-order valence-corrected chi connectivity index (χ4v) is 1.88. The van der Waals surface area contributed by atoms with E-state index in [4.69, 9.17) is 27.9 Å². The van der Waals surface area contributed by atoms with Crippen molar-refractivity contribution < 1.29 is 9.53 Å². The van der Waals surface area contributed by atoms with Crippen molar-refractivity contribution in [1.82, 2.24) is 0 Å². The molecular formula is C13H9Cl2NO2. The van der Waals surface area contributed by atoms with Crippen molar-refractivity contribution in [2.24, 2.45) is 4.99 Å². The van der Waals surface area contributed by atoms with Crippen LogP contribution in [-0.2, 0) is 9.53 Å². The van der Waals surface area contributed by atoms with Crippen LogP contribution in [0.2, 0.25) is 10.0 Å². The molecule has 0 saturated heterocycles. The molecular weight excluding hydrogens is 273 g/mol. The molecule has 0 saturated carbocycles. The Hall–Kier alpha value is -1.58. The Labute approximate surface area is 114 Å². The topological polar surface area (TPSA) is 38.7 Å². The summed E-state index contributed by atoms with van der Waals surface area (Å²) in [5, 5.41) is 0.902. The van der Waals surface area contributed by atoms with Gasteiger partial charge in [-0.25, -0.2) is 9.79 Å². The molecule has 92 valence electrons. The van der Waals surface area contributed by atoms with Crippen LogP contribution in [0.4, 0.5) is 0 Å². The number of ether oxygens (including phenoxy) is 1. The molecule has 18 heavy (non-hydrogen) atoms. The van der Waals surface area contributed by atoms with Gasteiger partial charge in [-0.1, -0.05) is 35.4 Å². The molecule has 1 aliphatic rings. The van der Waals surface area contributed by atoms with Gasteiger partial charge in [-0.2, -0.15) is 0 Å². The van der Waals surface area contributed by atoms with Gasteiger partial charge in [0.1, 0.15) is 0 Å². The summed E-state index contributed by atoms with van der Waals surface area (Å²) >= 11 is 11.8. The number of hydrogen-bond acceptors (Lipinski definition) is 3. The lowest BCUT2D eigenvalue weighted by Crippen LogP contribution is -2.05. The number of cyclic esters (lactones) is 1. The number of carbonyl (C=O) groups excluding carboxylic acids is 1. The van der Waals surface area contributed by atoms with Crippen molar-refractivity contribution in [2.75, 3.05) is 0 Å². The molecule has 0 radical (unpaired) electrons. The Morgan fingerprint density at radius 2 is 2.11 bits per heavy atom. The van der Waals surface area contributed by atoms with E-state index >= 15 is 0 Å². The van der Waals surface area contributed by atoms with Gasteiger partial charge in [-0.3, -0.25) is 0 Å². The van der Waals surface area contributed by atoms with Crippen LogP contribution in [0, 0.1) is 0 Å². The van der Waals surface area contributed by atoms with Crippen molar-refractivity contribution >= 4 is 35.1 Å². The van der Waals surface area contributed by atoms with Gasteiger partial charge in [0.2, 0.25) is 5.90 Å². The van der Waals surface area contributed by atoms with Crippen LogP contribution in [0.5, 0.6) is 0 Å². The van der Waals surface area contributed by atoms with Gasteiger partial charge in [0.25, 0.3) is 0 Å². The first-order chi connectivity index (χ1) is 8.61. The normalized spacial score (nSPS) is 17.4. The molecule has 3 nitrogen and oxygen atoms in total. The maximum absolute atomic E-state index is 11.5. The summed E-state index contributed by atoms with van der Waals surface area (Å²) in [5.74, 6) is -0.300. The molecule has 0 aromatic heterocycles. The minimum Gasteiger partial charge on any atom is -0.402 e. The number of rotatable bonds is 2. The van der Waals surface area contributed by atoms with E-state index in [0.29, 0.717) is 15.6 Å². The summed E-state index contributed by atoms with van der Waals surface area (Å²) in [5.41, 5.74) is 0.785. The number of hydrogen-bond donors (Lipinski definition) is 0. The molecule has 1 heterocycles. The smallest absolute Gasteiger partial charge is 0.363 e. The number of nitrogens with zero attached hydrogens (tertiary/aromatic N) is 1. The van der Waals surface area contributed by atoms with Crippen molar-refractivity contribution in [3.8, 4) is 0 Å². The molecule has 0 aliphatic carbocycles. The van der Waals surface area contributed by atoms with Gasteiger partial charge in [0.05, 0.1) is 10.6 Å². The number of benzene rings is 1. The zero-order chi connectivity index (χ0) is 13.1. The Bertz CT molecular complexity index is 589. The molecule has 0 atom stereocenters. The van der Waals surface area contributed by atoms with Crippen LogP contribution in [0.1, 0.15) is 12.5 Å². The first kappa shape index (κ1) is 12.9. The van der Waals surface area contributed by atoms with E-state index in [9.17, 15) is 4.79 Å². The van der Waals surface area contributed by atoms with Crippen molar-refractivity contribution in [2.45, 2.75) is 6.92 Å². The Morgan fingerprint density at radius 1 is 1.33 bits per heavy atom. The molecule has 0 unspecified atom stereocenters. The summed E-state index contributed by atoms with van der Waals surface area (Å²) < 4.78 is 5.06. The molecule has 1 aromatic carbocycles. The van der Waals surface area contributed by atoms with E-state index in [0.717, 1.165) is 0 Å². The Balaban J connectivity index is 2.38. The second-order valence-corrected chi connectivity index (χ2v) is 4.35. The largest absolute Gasteiger partial charge is 0.402 e. The van der Waals surface area contributed by atoms with Crippen LogP contribution >= 0.6 is 23.2 Å². The fraction of sp³-hybridized carbons (Fsp3) is 0.0769. The highest BCUT2D eigenvalue weighted by Gasteiger charge is 2.25. The minimum absolute atomic E-state index is 0.192. The molecule has 0 amide bonds. The first-order valence-electron chi connectivity index (χ1n) is 5.21. The summed E-state index contributed by atoms with van der Waals surface area (Å²) in [6.45, 7) is 1.85. The van der Waals surface area contributed by atoms with Gasteiger partial charge >= 0.3 is 5.97 Å². The lowest BCUT2D eigenvalue weighted by atomic mass is 10.2. The second kappa shape index (κ2) is 5.38.